The Bertz CT molecular complexity index is 609. The van der Waals surface area contributed by atoms with Crippen LogP contribution in [0, 0.1) is 0 Å². The number of aliphatic hydroxyl groups is 1. The Hall–Kier alpha value is -1.27. The van der Waals surface area contributed by atoms with Crippen molar-refractivity contribution in [2.45, 2.75) is 60.2 Å². The zero-order valence-electron chi connectivity index (χ0n) is 13.4. The van der Waals surface area contributed by atoms with Gasteiger partial charge in [-0.1, -0.05) is 0 Å². The molecule has 19 heteroatoms. The van der Waals surface area contributed by atoms with Crippen molar-refractivity contribution in [1.29, 1.82) is 0 Å². The first-order valence-electron chi connectivity index (χ1n) is 6.80. The number of aliphatic hydroxyl groups excluding tert-OH is 1. The number of hydrogen-bond acceptors (Lipinski definition) is 2. The molecule has 0 amide bonds. The maximum absolute atomic E-state index is 13.3. The zero-order chi connectivity index (χ0) is 25.0. The van der Waals surface area contributed by atoms with E-state index in [0.717, 1.165) is 0 Å². The van der Waals surface area contributed by atoms with Crippen molar-refractivity contribution in [1.82, 2.24) is 0 Å². The summed E-state index contributed by atoms with van der Waals surface area (Å²) in [7, 11) is 0. The Kier molecular flexibility index (Phi) is 7.09. The lowest BCUT2D eigenvalue weighted by Crippen LogP contribution is -2.74. The second-order valence-corrected chi connectivity index (χ2v) is 5.74. The van der Waals surface area contributed by atoms with Gasteiger partial charge >= 0.3 is 47.6 Å². The van der Waals surface area contributed by atoms with E-state index in [1.54, 1.807) is 0 Å². The van der Waals surface area contributed by atoms with Crippen LogP contribution in [0.4, 0.5) is 74.6 Å². The molecule has 182 valence electrons. The monoisotopic (exact) mass is 493 g/mol. The SMILES string of the molecule is NCC(O)CC(F)(F)C(F)(F)C(F)(F)C(F)(F)C(F)(F)C(F)(F)C(F)(F)C(F)(F)F. The standard InChI is InChI=1S/C11H8F17NO/c12-4(13,1-3(30)2-29)5(14,15)6(16,17)7(18,19)8(20,21)9(22,23)10(24,25)11(26,27)28/h3,30H,1-2,29H2. The molecule has 1 atom stereocenters. The van der Waals surface area contributed by atoms with Crippen molar-refractivity contribution in [2.75, 3.05) is 6.54 Å². The van der Waals surface area contributed by atoms with Gasteiger partial charge in [-0.3, -0.25) is 0 Å². The summed E-state index contributed by atoms with van der Waals surface area (Å²) in [4.78, 5) is 0. The third-order valence-corrected chi connectivity index (χ3v) is 3.55. The topological polar surface area (TPSA) is 46.2 Å². The highest BCUT2D eigenvalue weighted by Gasteiger charge is 2.95. The van der Waals surface area contributed by atoms with Crippen molar-refractivity contribution in [3.63, 3.8) is 0 Å². The molecule has 30 heavy (non-hydrogen) atoms. The fraction of sp³-hybridized carbons (Fsp3) is 1.00. The lowest BCUT2D eigenvalue weighted by atomic mass is 9.87. The quantitative estimate of drug-likeness (QED) is 0.458. The van der Waals surface area contributed by atoms with E-state index in [-0.39, 0.29) is 0 Å². The second kappa shape index (κ2) is 7.40. The highest BCUT2D eigenvalue weighted by molar-refractivity contribution is 5.15. The zero-order valence-corrected chi connectivity index (χ0v) is 13.4. The van der Waals surface area contributed by atoms with E-state index in [9.17, 15) is 74.6 Å². The van der Waals surface area contributed by atoms with Gasteiger partial charge in [0.05, 0.1) is 6.10 Å². The molecule has 0 aliphatic carbocycles. The van der Waals surface area contributed by atoms with Gasteiger partial charge in [-0.2, -0.15) is 74.6 Å². The highest BCUT2D eigenvalue weighted by atomic mass is 19.4. The molecular weight excluding hydrogens is 485 g/mol. The molecule has 0 aliphatic heterocycles. The van der Waals surface area contributed by atoms with Crippen LogP contribution < -0.4 is 5.73 Å². The van der Waals surface area contributed by atoms with Gasteiger partial charge in [0.15, 0.2) is 0 Å². The van der Waals surface area contributed by atoms with Gasteiger partial charge in [-0.15, -0.1) is 0 Å². The van der Waals surface area contributed by atoms with Crippen LogP contribution >= 0.6 is 0 Å². The maximum Gasteiger partial charge on any atom is 0.460 e. The summed E-state index contributed by atoms with van der Waals surface area (Å²) in [6, 6.07) is 0. The molecule has 0 aliphatic rings. The molecular formula is C11H8F17NO. The second-order valence-electron chi connectivity index (χ2n) is 5.74. The Labute approximate surface area is 153 Å². The third-order valence-electron chi connectivity index (χ3n) is 3.55. The first-order chi connectivity index (χ1) is 12.7. The average molecular weight is 493 g/mol. The first-order valence-corrected chi connectivity index (χ1v) is 6.80. The van der Waals surface area contributed by atoms with E-state index < -0.39 is 66.7 Å². The minimum Gasteiger partial charge on any atom is -0.392 e. The third kappa shape index (κ3) is 3.75. The first kappa shape index (κ1) is 28.7. The van der Waals surface area contributed by atoms with Gasteiger partial charge in [-0.25, -0.2) is 0 Å². The fourth-order valence-corrected chi connectivity index (χ4v) is 1.70. The average Bonchev–Trinajstić information content (AvgIpc) is 2.51. The molecule has 0 saturated heterocycles. The predicted octanol–water partition coefficient (Wildman–Crippen LogP) is 4.71. The van der Waals surface area contributed by atoms with Crippen molar-refractivity contribution in [2.24, 2.45) is 5.73 Å². The Balaban J connectivity index is 6.62. The van der Waals surface area contributed by atoms with Crippen LogP contribution in [0.5, 0.6) is 0 Å². The molecule has 2 nitrogen and oxygen atoms in total. The summed E-state index contributed by atoms with van der Waals surface area (Å²) in [6.45, 7) is -1.42. The molecule has 0 saturated carbocycles. The molecule has 0 fully saturated rings. The minimum atomic E-state index is -8.66. The number of hydrogen-bond donors (Lipinski definition) is 2. The van der Waals surface area contributed by atoms with Crippen molar-refractivity contribution in [3.05, 3.63) is 0 Å². The van der Waals surface area contributed by atoms with Crippen LogP contribution in [0.25, 0.3) is 0 Å². The molecule has 0 spiro atoms. The highest BCUT2D eigenvalue weighted by Crippen LogP contribution is 2.64. The summed E-state index contributed by atoms with van der Waals surface area (Å²) >= 11 is 0. The van der Waals surface area contributed by atoms with Crippen LogP contribution in [-0.4, -0.2) is 65.4 Å². The van der Waals surface area contributed by atoms with Gasteiger partial charge in [-0.05, 0) is 0 Å². The van der Waals surface area contributed by atoms with Crippen LogP contribution in [0.2, 0.25) is 0 Å². The van der Waals surface area contributed by atoms with Gasteiger partial charge in [0, 0.05) is 13.0 Å². The summed E-state index contributed by atoms with van der Waals surface area (Å²) in [5.41, 5.74) is 4.46. The smallest absolute Gasteiger partial charge is 0.392 e. The molecule has 0 radical (unpaired) electrons. The number of halogens is 17. The van der Waals surface area contributed by atoms with E-state index in [0.29, 0.717) is 0 Å². The predicted molar refractivity (Wildman–Crippen MR) is 60.4 cm³/mol. The maximum atomic E-state index is 13.3. The summed E-state index contributed by atoms with van der Waals surface area (Å²) in [5, 5.41) is 8.65. The van der Waals surface area contributed by atoms with Crippen molar-refractivity contribution < 1.29 is 79.7 Å². The minimum absolute atomic E-state index is 1.42. The molecule has 0 bridgehead atoms. The van der Waals surface area contributed by atoms with Crippen LogP contribution in [0.15, 0.2) is 0 Å². The molecule has 0 aromatic heterocycles. The van der Waals surface area contributed by atoms with Gasteiger partial charge < -0.3 is 10.8 Å². The van der Waals surface area contributed by atoms with Crippen LogP contribution in [0.1, 0.15) is 6.42 Å². The van der Waals surface area contributed by atoms with Crippen molar-refractivity contribution >= 4 is 0 Å². The summed E-state index contributed by atoms with van der Waals surface area (Å²) < 4.78 is 219. The summed E-state index contributed by atoms with van der Waals surface area (Å²) in [5.74, 6) is -56.7. The van der Waals surface area contributed by atoms with Gasteiger partial charge in [0.2, 0.25) is 0 Å². The van der Waals surface area contributed by atoms with Crippen molar-refractivity contribution in [3.8, 4) is 0 Å². The lowest BCUT2D eigenvalue weighted by molar-refractivity contribution is -0.462. The Morgan fingerprint density at radius 3 is 1.03 bits per heavy atom. The fourth-order valence-electron chi connectivity index (χ4n) is 1.70. The van der Waals surface area contributed by atoms with Gasteiger partial charge in [0.25, 0.3) is 0 Å². The number of alkyl halides is 17. The molecule has 0 aromatic carbocycles. The Morgan fingerprint density at radius 2 is 0.767 bits per heavy atom. The van der Waals surface area contributed by atoms with E-state index in [1.165, 1.54) is 0 Å². The summed E-state index contributed by atoms with van der Waals surface area (Å²) in [6.07, 6.45) is -13.6. The molecule has 1 unspecified atom stereocenters. The van der Waals surface area contributed by atoms with E-state index in [4.69, 9.17) is 5.11 Å². The molecule has 0 aromatic rings. The largest absolute Gasteiger partial charge is 0.460 e. The number of nitrogens with two attached hydrogens (primary N) is 1. The van der Waals surface area contributed by atoms with E-state index in [2.05, 4.69) is 5.73 Å². The lowest BCUT2D eigenvalue weighted by Gasteiger charge is -2.43. The van der Waals surface area contributed by atoms with Crippen LogP contribution in [-0.2, 0) is 0 Å². The molecule has 0 heterocycles. The van der Waals surface area contributed by atoms with Gasteiger partial charge in [0.1, 0.15) is 0 Å². The Morgan fingerprint density at radius 1 is 0.500 bits per heavy atom. The molecule has 3 N–H and O–H groups in total. The normalized spacial score (nSPS) is 17.3. The number of rotatable bonds is 9. The van der Waals surface area contributed by atoms with Crippen LogP contribution in [0.3, 0.4) is 0 Å². The molecule has 0 rings (SSSR count). The van der Waals surface area contributed by atoms with E-state index in [1.807, 2.05) is 0 Å². The van der Waals surface area contributed by atoms with E-state index >= 15 is 0 Å².